The maximum Gasteiger partial charge on any atom is 0.249 e. The molecule has 2 aromatic rings. The van der Waals surface area contributed by atoms with Crippen LogP contribution >= 0.6 is 15.9 Å². The van der Waals surface area contributed by atoms with E-state index in [1.165, 1.54) is 6.08 Å². The lowest BCUT2D eigenvalue weighted by molar-refractivity contribution is -0.111. The van der Waals surface area contributed by atoms with Crippen molar-refractivity contribution >= 4 is 33.7 Å². The highest BCUT2D eigenvalue weighted by Gasteiger charge is 2.04. The van der Waals surface area contributed by atoms with Crippen molar-refractivity contribution in [2.45, 2.75) is 19.9 Å². The number of aromatic nitrogens is 2. The molecule has 0 aliphatic rings. The highest BCUT2D eigenvalue weighted by atomic mass is 79.9. The Balaban J connectivity index is 2.02. The standard InChI is InChI=1S/C15H16BrN3O/c1-2-11-19-14(9-10-17-19)18-15(20)8-7-12-5-3-4-6-13(12)16/h3-10H,2,11H2,1H3,(H,18,20)/b8-7+. The van der Waals surface area contributed by atoms with E-state index in [1.807, 2.05) is 24.3 Å². The Labute approximate surface area is 126 Å². The molecule has 0 saturated heterocycles. The van der Waals surface area contributed by atoms with Gasteiger partial charge in [0.15, 0.2) is 0 Å². The van der Waals surface area contributed by atoms with E-state index in [2.05, 4.69) is 33.3 Å². The maximum absolute atomic E-state index is 11.9. The zero-order valence-electron chi connectivity index (χ0n) is 11.2. The van der Waals surface area contributed by atoms with Crippen LogP contribution in [0.2, 0.25) is 0 Å². The second-order valence-corrected chi connectivity index (χ2v) is 5.14. The van der Waals surface area contributed by atoms with E-state index in [0.29, 0.717) is 5.82 Å². The maximum atomic E-state index is 11.9. The van der Waals surface area contributed by atoms with E-state index < -0.39 is 0 Å². The molecule has 0 fully saturated rings. The first-order valence-electron chi connectivity index (χ1n) is 6.46. The highest BCUT2D eigenvalue weighted by molar-refractivity contribution is 9.10. The number of hydrogen-bond donors (Lipinski definition) is 1. The molecule has 104 valence electrons. The summed E-state index contributed by atoms with van der Waals surface area (Å²) in [6.45, 7) is 2.86. The minimum absolute atomic E-state index is 0.168. The van der Waals surface area contributed by atoms with E-state index in [9.17, 15) is 4.79 Å². The third kappa shape index (κ3) is 3.81. The van der Waals surface area contributed by atoms with Crippen LogP contribution in [0.1, 0.15) is 18.9 Å². The van der Waals surface area contributed by atoms with Gasteiger partial charge in [0.25, 0.3) is 0 Å². The second-order valence-electron chi connectivity index (χ2n) is 4.28. The molecule has 2 rings (SSSR count). The lowest BCUT2D eigenvalue weighted by atomic mass is 10.2. The smallest absolute Gasteiger partial charge is 0.249 e. The molecule has 1 N–H and O–H groups in total. The van der Waals surface area contributed by atoms with Gasteiger partial charge in [-0.2, -0.15) is 5.10 Å². The van der Waals surface area contributed by atoms with Crippen molar-refractivity contribution in [2.75, 3.05) is 5.32 Å². The zero-order chi connectivity index (χ0) is 14.4. The molecule has 4 nitrogen and oxygen atoms in total. The Hall–Kier alpha value is -1.88. The SMILES string of the molecule is CCCn1nccc1NC(=O)/C=C/c1ccccc1Br. The molecule has 0 atom stereocenters. The summed E-state index contributed by atoms with van der Waals surface area (Å²) in [6.07, 6.45) is 5.95. The summed E-state index contributed by atoms with van der Waals surface area (Å²) in [7, 11) is 0. The van der Waals surface area contributed by atoms with Gasteiger partial charge < -0.3 is 5.32 Å². The fraction of sp³-hybridized carbons (Fsp3) is 0.200. The van der Waals surface area contributed by atoms with Crippen molar-refractivity contribution in [3.05, 3.63) is 52.6 Å². The van der Waals surface area contributed by atoms with Gasteiger partial charge in [0.05, 0.1) is 6.20 Å². The molecule has 1 aromatic heterocycles. The van der Waals surface area contributed by atoms with Gasteiger partial charge in [-0.15, -0.1) is 0 Å². The van der Waals surface area contributed by atoms with Crippen molar-refractivity contribution in [1.82, 2.24) is 9.78 Å². The van der Waals surface area contributed by atoms with Gasteiger partial charge in [0, 0.05) is 23.2 Å². The first-order chi connectivity index (χ1) is 9.70. The molecular weight excluding hydrogens is 318 g/mol. The number of anilines is 1. The summed E-state index contributed by atoms with van der Waals surface area (Å²) in [6, 6.07) is 9.53. The molecule has 0 unspecified atom stereocenters. The molecule has 1 aromatic carbocycles. The van der Waals surface area contributed by atoms with Crippen LogP contribution in [-0.2, 0) is 11.3 Å². The van der Waals surface area contributed by atoms with Crippen LogP contribution in [0.5, 0.6) is 0 Å². The van der Waals surface area contributed by atoms with Crippen molar-refractivity contribution in [1.29, 1.82) is 0 Å². The summed E-state index contributed by atoms with van der Waals surface area (Å²) < 4.78 is 2.74. The van der Waals surface area contributed by atoms with Crippen LogP contribution in [0.25, 0.3) is 6.08 Å². The molecule has 0 aliphatic carbocycles. The molecule has 0 radical (unpaired) electrons. The van der Waals surface area contributed by atoms with E-state index in [0.717, 1.165) is 23.0 Å². The first kappa shape index (κ1) is 14.5. The Bertz CT molecular complexity index is 619. The Morgan fingerprint density at radius 1 is 1.40 bits per heavy atom. The predicted molar refractivity (Wildman–Crippen MR) is 84.3 cm³/mol. The van der Waals surface area contributed by atoms with Gasteiger partial charge in [0.2, 0.25) is 5.91 Å². The van der Waals surface area contributed by atoms with Gasteiger partial charge in [-0.05, 0) is 24.1 Å². The average Bonchev–Trinajstić information content (AvgIpc) is 2.86. The van der Waals surface area contributed by atoms with Gasteiger partial charge in [-0.1, -0.05) is 41.1 Å². The number of carbonyl (C=O) groups excluding carboxylic acids is 1. The number of halogens is 1. The number of hydrogen-bond acceptors (Lipinski definition) is 2. The van der Waals surface area contributed by atoms with E-state index in [1.54, 1.807) is 23.0 Å². The van der Waals surface area contributed by atoms with Gasteiger partial charge in [-0.3, -0.25) is 4.79 Å². The minimum atomic E-state index is -0.168. The summed E-state index contributed by atoms with van der Waals surface area (Å²) in [5.41, 5.74) is 0.963. The van der Waals surface area contributed by atoms with Gasteiger partial charge in [0.1, 0.15) is 5.82 Å². The molecule has 1 amide bonds. The van der Waals surface area contributed by atoms with Crippen LogP contribution in [-0.4, -0.2) is 15.7 Å². The summed E-state index contributed by atoms with van der Waals surface area (Å²) in [4.78, 5) is 11.9. The molecular formula is C15H16BrN3O. The zero-order valence-corrected chi connectivity index (χ0v) is 12.8. The van der Waals surface area contributed by atoms with E-state index in [-0.39, 0.29) is 5.91 Å². The summed E-state index contributed by atoms with van der Waals surface area (Å²) >= 11 is 3.44. The van der Waals surface area contributed by atoms with Gasteiger partial charge in [-0.25, -0.2) is 4.68 Å². The van der Waals surface area contributed by atoms with E-state index >= 15 is 0 Å². The normalized spacial score (nSPS) is 10.9. The average molecular weight is 334 g/mol. The molecule has 20 heavy (non-hydrogen) atoms. The van der Waals surface area contributed by atoms with Crippen molar-refractivity contribution in [3.63, 3.8) is 0 Å². The van der Waals surface area contributed by atoms with Crippen LogP contribution in [0.15, 0.2) is 47.1 Å². The Morgan fingerprint density at radius 3 is 2.95 bits per heavy atom. The lowest BCUT2D eigenvalue weighted by Gasteiger charge is -2.05. The minimum Gasteiger partial charge on any atom is -0.307 e. The number of nitrogens with one attached hydrogen (secondary N) is 1. The lowest BCUT2D eigenvalue weighted by Crippen LogP contribution is -2.13. The Kier molecular flexibility index (Phi) is 5.12. The van der Waals surface area contributed by atoms with Crippen molar-refractivity contribution in [2.24, 2.45) is 0 Å². The number of amides is 1. The fourth-order valence-corrected chi connectivity index (χ4v) is 2.19. The van der Waals surface area contributed by atoms with Crippen LogP contribution < -0.4 is 5.32 Å². The van der Waals surface area contributed by atoms with E-state index in [4.69, 9.17) is 0 Å². The topological polar surface area (TPSA) is 46.9 Å². The molecule has 0 bridgehead atoms. The third-order valence-corrected chi connectivity index (χ3v) is 3.44. The number of aryl methyl sites for hydroxylation is 1. The molecule has 0 spiro atoms. The molecule has 1 heterocycles. The van der Waals surface area contributed by atoms with Crippen molar-refractivity contribution < 1.29 is 4.79 Å². The number of rotatable bonds is 5. The second kappa shape index (κ2) is 7.05. The molecule has 5 heteroatoms. The number of benzene rings is 1. The largest absolute Gasteiger partial charge is 0.307 e. The monoisotopic (exact) mass is 333 g/mol. The van der Waals surface area contributed by atoms with Crippen LogP contribution in [0.3, 0.4) is 0 Å². The molecule has 0 saturated carbocycles. The Morgan fingerprint density at radius 2 is 2.20 bits per heavy atom. The highest BCUT2D eigenvalue weighted by Crippen LogP contribution is 2.17. The quantitative estimate of drug-likeness (QED) is 0.848. The van der Waals surface area contributed by atoms with Crippen LogP contribution in [0, 0.1) is 0 Å². The number of carbonyl (C=O) groups is 1. The first-order valence-corrected chi connectivity index (χ1v) is 7.25. The predicted octanol–water partition coefficient (Wildman–Crippen LogP) is 3.71. The summed E-state index contributed by atoms with van der Waals surface area (Å²) in [5.74, 6) is 0.548. The third-order valence-electron chi connectivity index (χ3n) is 2.72. The fourth-order valence-electron chi connectivity index (χ4n) is 1.77. The van der Waals surface area contributed by atoms with Crippen molar-refractivity contribution in [3.8, 4) is 0 Å². The summed E-state index contributed by atoms with van der Waals surface area (Å²) in [5, 5.41) is 6.99. The number of nitrogens with zero attached hydrogens (tertiary/aromatic N) is 2. The molecule has 0 aliphatic heterocycles. The van der Waals surface area contributed by atoms with Gasteiger partial charge >= 0.3 is 0 Å². The van der Waals surface area contributed by atoms with Crippen LogP contribution in [0.4, 0.5) is 5.82 Å².